The van der Waals surface area contributed by atoms with Crippen LogP contribution in [0.3, 0.4) is 0 Å². The largest absolute Gasteiger partial charge is 0.351 e. The molecule has 0 aliphatic carbocycles. The molecule has 0 saturated heterocycles. The number of nitrogens with one attached hydrogen (secondary N) is 2. The quantitative estimate of drug-likeness (QED) is 0.648. The maximum absolute atomic E-state index is 12.1. The second kappa shape index (κ2) is 10.5. The number of thiophene rings is 1. The molecule has 0 radical (unpaired) electrons. The molecule has 144 valence electrons. The fraction of sp³-hybridized carbons (Fsp3) is 0.350. The van der Waals surface area contributed by atoms with Crippen molar-refractivity contribution in [2.75, 3.05) is 18.4 Å². The first kappa shape index (κ1) is 20.6. The molecule has 2 rings (SSSR count). The molecular formula is C20H25N3O3S. The molecular weight excluding hydrogens is 362 g/mol. The van der Waals surface area contributed by atoms with Crippen molar-refractivity contribution in [1.82, 2.24) is 10.2 Å². The summed E-state index contributed by atoms with van der Waals surface area (Å²) in [6.07, 6.45) is 0.889. The van der Waals surface area contributed by atoms with Crippen molar-refractivity contribution < 1.29 is 14.4 Å². The molecule has 1 aromatic carbocycles. The van der Waals surface area contributed by atoms with Gasteiger partial charge in [0.1, 0.15) is 0 Å². The highest BCUT2D eigenvalue weighted by Gasteiger charge is 2.09. The van der Waals surface area contributed by atoms with Crippen molar-refractivity contribution in [3.05, 3.63) is 52.2 Å². The van der Waals surface area contributed by atoms with Gasteiger partial charge in [0.25, 0.3) is 5.91 Å². The normalized spacial score (nSPS) is 10.3. The lowest BCUT2D eigenvalue weighted by Crippen LogP contribution is -2.27. The highest BCUT2D eigenvalue weighted by Crippen LogP contribution is 2.13. The van der Waals surface area contributed by atoms with Crippen LogP contribution in [0.25, 0.3) is 0 Å². The van der Waals surface area contributed by atoms with Crippen LogP contribution in [0.4, 0.5) is 5.69 Å². The van der Waals surface area contributed by atoms with Crippen molar-refractivity contribution in [2.45, 2.75) is 33.2 Å². The summed E-state index contributed by atoms with van der Waals surface area (Å²) in [5.74, 6) is -0.183. The number of amides is 3. The third kappa shape index (κ3) is 6.86. The van der Waals surface area contributed by atoms with E-state index in [0.29, 0.717) is 43.0 Å². The Morgan fingerprint density at radius 1 is 1.15 bits per heavy atom. The summed E-state index contributed by atoms with van der Waals surface area (Å²) in [6, 6.07) is 11.1. The lowest BCUT2D eigenvalue weighted by molar-refractivity contribution is -0.129. The van der Waals surface area contributed by atoms with Gasteiger partial charge in [-0.2, -0.15) is 0 Å². The number of carbonyl (C=O) groups is 3. The van der Waals surface area contributed by atoms with Crippen molar-refractivity contribution in [3.63, 3.8) is 0 Å². The number of benzene rings is 1. The van der Waals surface area contributed by atoms with E-state index in [0.717, 1.165) is 5.56 Å². The van der Waals surface area contributed by atoms with Gasteiger partial charge in [-0.15, -0.1) is 11.3 Å². The van der Waals surface area contributed by atoms with E-state index < -0.39 is 0 Å². The van der Waals surface area contributed by atoms with Crippen LogP contribution < -0.4 is 10.6 Å². The molecule has 0 atom stereocenters. The average molecular weight is 388 g/mol. The van der Waals surface area contributed by atoms with Crippen LogP contribution in [0.2, 0.25) is 0 Å². The number of anilines is 1. The Hall–Kier alpha value is -2.67. The SMILES string of the molecule is CCN(Cc1cccc(NC(=O)CCCNC(=O)c2cccs2)c1)C(C)=O. The molecule has 3 amide bonds. The van der Waals surface area contributed by atoms with E-state index in [2.05, 4.69) is 10.6 Å². The number of nitrogens with zero attached hydrogens (tertiary/aromatic N) is 1. The first-order chi connectivity index (χ1) is 13.0. The minimum Gasteiger partial charge on any atom is -0.351 e. The zero-order valence-electron chi connectivity index (χ0n) is 15.7. The maximum Gasteiger partial charge on any atom is 0.261 e. The molecule has 2 N–H and O–H groups in total. The van der Waals surface area contributed by atoms with Crippen LogP contribution in [0.1, 0.15) is 41.9 Å². The Kier molecular flexibility index (Phi) is 8.00. The topological polar surface area (TPSA) is 78.5 Å². The standard InChI is InChI=1S/C20H25N3O3S/c1-3-23(15(2)24)14-16-7-4-8-17(13-16)22-19(25)10-5-11-21-20(26)18-9-6-12-27-18/h4,6-9,12-13H,3,5,10-11,14H2,1-2H3,(H,21,26)(H,22,25). The van der Waals surface area contributed by atoms with Gasteiger partial charge in [0.2, 0.25) is 11.8 Å². The maximum atomic E-state index is 12.1. The molecule has 0 aliphatic rings. The highest BCUT2D eigenvalue weighted by atomic mass is 32.1. The summed E-state index contributed by atoms with van der Waals surface area (Å²) in [5, 5.41) is 7.53. The minimum absolute atomic E-state index is 0.0246. The van der Waals surface area contributed by atoms with Crippen LogP contribution in [0.15, 0.2) is 41.8 Å². The first-order valence-corrected chi connectivity index (χ1v) is 9.83. The molecule has 0 spiro atoms. The second-order valence-corrected chi connectivity index (χ2v) is 7.07. The zero-order chi connectivity index (χ0) is 19.6. The molecule has 1 aromatic heterocycles. The van der Waals surface area contributed by atoms with Crippen LogP contribution >= 0.6 is 11.3 Å². The van der Waals surface area contributed by atoms with Crippen molar-refractivity contribution in [1.29, 1.82) is 0 Å². The molecule has 0 unspecified atom stereocenters. The third-order valence-electron chi connectivity index (χ3n) is 4.02. The molecule has 2 aromatic rings. The molecule has 0 bridgehead atoms. The van der Waals surface area contributed by atoms with Gasteiger partial charge in [-0.1, -0.05) is 18.2 Å². The summed E-state index contributed by atoms with van der Waals surface area (Å²) in [7, 11) is 0. The number of carbonyl (C=O) groups excluding carboxylic acids is 3. The van der Waals surface area contributed by atoms with E-state index in [9.17, 15) is 14.4 Å². The molecule has 27 heavy (non-hydrogen) atoms. The van der Waals surface area contributed by atoms with Crippen LogP contribution in [-0.4, -0.2) is 35.7 Å². The van der Waals surface area contributed by atoms with Gasteiger partial charge >= 0.3 is 0 Å². The molecule has 0 saturated carbocycles. The van der Waals surface area contributed by atoms with Crippen molar-refractivity contribution in [3.8, 4) is 0 Å². The van der Waals surface area contributed by atoms with E-state index in [1.807, 2.05) is 42.6 Å². The molecule has 6 nitrogen and oxygen atoms in total. The summed E-state index contributed by atoms with van der Waals surface area (Å²) < 4.78 is 0. The third-order valence-corrected chi connectivity index (χ3v) is 4.89. The molecule has 7 heteroatoms. The molecule has 1 heterocycles. The first-order valence-electron chi connectivity index (χ1n) is 8.95. The zero-order valence-corrected chi connectivity index (χ0v) is 16.5. The monoisotopic (exact) mass is 387 g/mol. The smallest absolute Gasteiger partial charge is 0.261 e. The average Bonchev–Trinajstić information content (AvgIpc) is 3.18. The van der Waals surface area contributed by atoms with Gasteiger partial charge in [-0.05, 0) is 42.5 Å². The van der Waals surface area contributed by atoms with Crippen LogP contribution in [0, 0.1) is 0 Å². The fourth-order valence-electron chi connectivity index (χ4n) is 2.58. The van der Waals surface area contributed by atoms with Gasteiger partial charge in [0.15, 0.2) is 0 Å². The lowest BCUT2D eigenvalue weighted by Gasteiger charge is -2.19. The Morgan fingerprint density at radius 2 is 1.96 bits per heavy atom. The van der Waals surface area contributed by atoms with E-state index >= 15 is 0 Å². The summed E-state index contributed by atoms with van der Waals surface area (Å²) in [5.41, 5.74) is 1.67. The van der Waals surface area contributed by atoms with Gasteiger partial charge in [0.05, 0.1) is 4.88 Å². The van der Waals surface area contributed by atoms with Crippen molar-refractivity contribution >= 4 is 34.7 Å². The second-order valence-electron chi connectivity index (χ2n) is 6.12. The van der Waals surface area contributed by atoms with Gasteiger partial charge in [-0.3, -0.25) is 14.4 Å². The number of hydrogen-bond acceptors (Lipinski definition) is 4. The van der Waals surface area contributed by atoms with Crippen LogP contribution in [0.5, 0.6) is 0 Å². The molecule has 0 fully saturated rings. The Balaban J connectivity index is 1.76. The summed E-state index contributed by atoms with van der Waals surface area (Å²) in [4.78, 5) is 37.8. The minimum atomic E-state index is -0.107. The van der Waals surface area contributed by atoms with E-state index in [4.69, 9.17) is 0 Å². The van der Waals surface area contributed by atoms with Gasteiger partial charge in [-0.25, -0.2) is 0 Å². The van der Waals surface area contributed by atoms with Gasteiger partial charge in [0, 0.05) is 38.7 Å². The molecule has 0 aliphatic heterocycles. The summed E-state index contributed by atoms with van der Waals surface area (Å²) in [6.45, 7) is 5.10. The highest BCUT2D eigenvalue weighted by molar-refractivity contribution is 7.12. The lowest BCUT2D eigenvalue weighted by atomic mass is 10.1. The van der Waals surface area contributed by atoms with E-state index in [-0.39, 0.29) is 17.7 Å². The van der Waals surface area contributed by atoms with Gasteiger partial charge < -0.3 is 15.5 Å². The summed E-state index contributed by atoms with van der Waals surface area (Å²) >= 11 is 1.39. The number of rotatable bonds is 9. The van der Waals surface area contributed by atoms with E-state index in [1.165, 1.54) is 11.3 Å². The van der Waals surface area contributed by atoms with E-state index in [1.54, 1.807) is 17.9 Å². The fourth-order valence-corrected chi connectivity index (χ4v) is 3.22. The predicted molar refractivity (Wildman–Crippen MR) is 108 cm³/mol. The van der Waals surface area contributed by atoms with Crippen molar-refractivity contribution in [2.24, 2.45) is 0 Å². The Labute approximate surface area is 163 Å². The number of hydrogen-bond donors (Lipinski definition) is 2. The Morgan fingerprint density at radius 3 is 2.63 bits per heavy atom. The van der Waals surface area contributed by atoms with Crippen LogP contribution in [-0.2, 0) is 16.1 Å². The Bertz CT molecular complexity index is 775. The predicted octanol–water partition coefficient (Wildman–Crippen LogP) is 3.27.